The molecule has 0 fully saturated rings. The molecule has 0 spiro atoms. The Morgan fingerprint density at radius 1 is 1.06 bits per heavy atom. The van der Waals surface area contributed by atoms with Gasteiger partial charge in [-0.2, -0.15) is 0 Å². The van der Waals surface area contributed by atoms with Gasteiger partial charge in [0.05, 0.1) is 22.1 Å². The summed E-state index contributed by atoms with van der Waals surface area (Å²) in [6, 6.07) is 15.4. The number of hydrogen-bond donors (Lipinski definition) is 2. The first-order valence-corrected chi connectivity index (χ1v) is 11.8. The number of ether oxygens (including phenoxy) is 1. The highest BCUT2D eigenvalue weighted by molar-refractivity contribution is 7.92. The minimum atomic E-state index is -3.96. The second kappa shape index (κ2) is 9.13. The van der Waals surface area contributed by atoms with Gasteiger partial charge in [-0.25, -0.2) is 13.4 Å². The lowest BCUT2D eigenvalue weighted by Crippen LogP contribution is -2.16. The first kappa shape index (κ1) is 22.6. The fraction of sp³-hybridized carbons (Fsp3) is 0.130. The van der Waals surface area contributed by atoms with Crippen LogP contribution in [0.4, 0.5) is 11.4 Å². The van der Waals surface area contributed by atoms with Gasteiger partial charge in [-0.3, -0.25) is 9.52 Å². The van der Waals surface area contributed by atoms with Crippen LogP contribution in [0, 0.1) is 6.92 Å². The van der Waals surface area contributed by atoms with Crippen LogP contribution in [-0.2, 0) is 10.0 Å². The fourth-order valence-corrected chi connectivity index (χ4v) is 4.45. The minimum Gasteiger partial charge on any atom is -0.494 e. The van der Waals surface area contributed by atoms with Gasteiger partial charge in [0.15, 0.2) is 11.5 Å². The standard InChI is InChI=1S/C23H20ClN3O5S/c1-3-31-17-7-4-15(5-8-17)27-33(29,30)18-9-10-20(24)19(13-18)23(28)26-16-6-11-22-21(12-16)25-14(2)32-22/h4-13,27H,3H2,1-2H3,(H,26,28). The molecular formula is C23H20ClN3O5S. The van der Waals surface area contributed by atoms with E-state index in [1.807, 2.05) is 6.92 Å². The van der Waals surface area contributed by atoms with Crippen molar-refractivity contribution in [2.75, 3.05) is 16.6 Å². The topological polar surface area (TPSA) is 111 Å². The Kier molecular flexibility index (Phi) is 6.26. The SMILES string of the molecule is CCOc1ccc(NS(=O)(=O)c2ccc(Cl)c(C(=O)Nc3ccc4oc(C)nc4c3)c2)cc1. The number of carbonyl (C=O) groups is 1. The van der Waals surface area contributed by atoms with E-state index < -0.39 is 15.9 Å². The Morgan fingerprint density at radius 2 is 1.79 bits per heavy atom. The highest BCUT2D eigenvalue weighted by Gasteiger charge is 2.19. The predicted molar refractivity (Wildman–Crippen MR) is 127 cm³/mol. The number of nitrogens with zero attached hydrogens (tertiary/aromatic N) is 1. The predicted octanol–water partition coefficient (Wildman–Crippen LogP) is 5.24. The normalized spacial score (nSPS) is 11.4. The first-order valence-electron chi connectivity index (χ1n) is 9.99. The third kappa shape index (κ3) is 5.10. The first-order chi connectivity index (χ1) is 15.7. The molecule has 0 saturated carbocycles. The molecular weight excluding hydrogens is 466 g/mol. The molecule has 0 radical (unpaired) electrons. The number of oxazole rings is 1. The lowest BCUT2D eigenvalue weighted by Gasteiger charge is -2.12. The lowest BCUT2D eigenvalue weighted by molar-refractivity contribution is 0.102. The smallest absolute Gasteiger partial charge is 0.261 e. The maximum atomic E-state index is 12.9. The number of aromatic nitrogens is 1. The van der Waals surface area contributed by atoms with Crippen molar-refractivity contribution >= 4 is 50.0 Å². The fourth-order valence-electron chi connectivity index (χ4n) is 3.16. The summed E-state index contributed by atoms with van der Waals surface area (Å²) in [7, 11) is -3.96. The number of carbonyl (C=O) groups excluding carboxylic acids is 1. The minimum absolute atomic E-state index is 0.0164. The molecule has 170 valence electrons. The number of halogens is 1. The van der Waals surface area contributed by atoms with E-state index in [4.69, 9.17) is 20.8 Å². The Hall–Kier alpha value is -3.56. The van der Waals surface area contributed by atoms with E-state index >= 15 is 0 Å². The molecule has 10 heteroatoms. The number of sulfonamides is 1. The van der Waals surface area contributed by atoms with Crippen LogP contribution in [-0.4, -0.2) is 25.9 Å². The van der Waals surface area contributed by atoms with Crippen molar-refractivity contribution in [2.24, 2.45) is 0 Å². The van der Waals surface area contributed by atoms with E-state index in [1.54, 1.807) is 49.4 Å². The molecule has 1 amide bonds. The van der Waals surface area contributed by atoms with E-state index in [2.05, 4.69) is 15.0 Å². The van der Waals surface area contributed by atoms with Gasteiger partial charge in [0.25, 0.3) is 15.9 Å². The Balaban J connectivity index is 1.56. The summed E-state index contributed by atoms with van der Waals surface area (Å²) < 4.78 is 39.0. The summed E-state index contributed by atoms with van der Waals surface area (Å²) in [6.45, 7) is 4.09. The molecule has 2 N–H and O–H groups in total. The molecule has 3 aromatic carbocycles. The van der Waals surface area contributed by atoms with Crippen molar-refractivity contribution in [2.45, 2.75) is 18.7 Å². The number of nitrogens with one attached hydrogen (secondary N) is 2. The highest BCUT2D eigenvalue weighted by Crippen LogP contribution is 2.25. The maximum Gasteiger partial charge on any atom is 0.261 e. The number of amides is 1. The number of fused-ring (bicyclic) bond motifs is 1. The zero-order chi connectivity index (χ0) is 23.6. The average Bonchev–Trinajstić information content (AvgIpc) is 3.14. The van der Waals surface area contributed by atoms with Crippen LogP contribution in [0.3, 0.4) is 0 Å². The Bertz CT molecular complexity index is 1430. The Morgan fingerprint density at radius 3 is 2.52 bits per heavy atom. The molecule has 0 aliphatic rings. The van der Waals surface area contributed by atoms with E-state index in [-0.39, 0.29) is 15.5 Å². The zero-order valence-electron chi connectivity index (χ0n) is 17.8. The van der Waals surface area contributed by atoms with Gasteiger partial charge in [0, 0.05) is 18.3 Å². The van der Waals surface area contributed by atoms with Gasteiger partial charge in [-0.05, 0) is 67.6 Å². The van der Waals surface area contributed by atoms with Gasteiger partial charge in [-0.15, -0.1) is 0 Å². The molecule has 4 aromatic rings. The number of rotatable bonds is 7. The monoisotopic (exact) mass is 485 g/mol. The summed E-state index contributed by atoms with van der Waals surface area (Å²) in [5.74, 6) is 0.581. The van der Waals surface area contributed by atoms with E-state index in [0.29, 0.717) is 40.7 Å². The molecule has 33 heavy (non-hydrogen) atoms. The summed E-state index contributed by atoms with van der Waals surface area (Å²) in [5.41, 5.74) is 2.03. The number of benzene rings is 3. The van der Waals surface area contributed by atoms with Crippen LogP contribution in [0.5, 0.6) is 5.75 Å². The average molecular weight is 486 g/mol. The second-order valence-electron chi connectivity index (χ2n) is 7.07. The van der Waals surface area contributed by atoms with E-state index in [1.165, 1.54) is 18.2 Å². The van der Waals surface area contributed by atoms with Crippen molar-refractivity contribution in [3.63, 3.8) is 0 Å². The second-order valence-corrected chi connectivity index (χ2v) is 9.16. The van der Waals surface area contributed by atoms with Crippen molar-refractivity contribution < 1.29 is 22.4 Å². The van der Waals surface area contributed by atoms with Gasteiger partial charge in [-0.1, -0.05) is 11.6 Å². The lowest BCUT2D eigenvalue weighted by atomic mass is 10.2. The largest absolute Gasteiger partial charge is 0.494 e. The van der Waals surface area contributed by atoms with E-state index in [0.717, 1.165) is 0 Å². The van der Waals surface area contributed by atoms with Crippen LogP contribution in [0.25, 0.3) is 11.1 Å². The van der Waals surface area contributed by atoms with Crippen molar-refractivity contribution in [3.8, 4) is 5.75 Å². The van der Waals surface area contributed by atoms with Gasteiger partial charge in [0.2, 0.25) is 0 Å². The summed E-state index contributed by atoms with van der Waals surface area (Å²) >= 11 is 6.20. The van der Waals surface area contributed by atoms with Gasteiger partial charge < -0.3 is 14.5 Å². The molecule has 8 nitrogen and oxygen atoms in total. The van der Waals surface area contributed by atoms with Crippen molar-refractivity contribution in [1.82, 2.24) is 4.98 Å². The van der Waals surface area contributed by atoms with Crippen LogP contribution in [0.1, 0.15) is 23.2 Å². The molecule has 0 aliphatic heterocycles. The summed E-state index contributed by atoms with van der Waals surface area (Å²) in [6.07, 6.45) is 0. The highest BCUT2D eigenvalue weighted by atomic mass is 35.5. The molecule has 0 unspecified atom stereocenters. The number of anilines is 2. The van der Waals surface area contributed by atoms with E-state index in [9.17, 15) is 13.2 Å². The van der Waals surface area contributed by atoms with Crippen molar-refractivity contribution in [1.29, 1.82) is 0 Å². The molecule has 1 aromatic heterocycles. The number of hydrogen-bond acceptors (Lipinski definition) is 6. The third-order valence-electron chi connectivity index (χ3n) is 4.66. The van der Waals surface area contributed by atoms with Gasteiger partial charge >= 0.3 is 0 Å². The molecule has 0 atom stereocenters. The van der Waals surface area contributed by atoms with Crippen LogP contribution in [0.2, 0.25) is 5.02 Å². The molecule has 0 aliphatic carbocycles. The maximum absolute atomic E-state index is 12.9. The number of aryl methyl sites for hydroxylation is 1. The molecule has 0 saturated heterocycles. The third-order valence-corrected chi connectivity index (χ3v) is 6.37. The molecule has 0 bridgehead atoms. The quantitative estimate of drug-likeness (QED) is 0.370. The van der Waals surface area contributed by atoms with Crippen LogP contribution in [0.15, 0.2) is 70.0 Å². The van der Waals surface area contributed by atoms with Crippen LogP contribution < -0.4 is 14.8 Å². The Labute approximate surface area is 195 Å². The summed E-state index contributed by atoms with van der Waals surface area (Å²) in [5, 5.41) is 2.83. The molecule has 4 rings (SSSR count). The zero-order valence-corrected chi connectivity index (χ0v) is 19.3. The van der Waals surface area contributed by atoms with Gasteiger partial charge in [0.1, 0.15) is 11.3 Å². The van der Waals surface area contributed by atoms with Crippen molar-refractivity contribution in [3.05, 3.63) is 77.1 Å². The van der Waals surface area contributed by atoms with Crippen LogP contribution >= 0.6 is 11.6 Å². The molecule has 1 heterocycles. The summed E-state index contributed by atoms with van der Waals surface area (Å²) in [4.78, 5) is 17.0.